The van der Waals surface area contributed by atoms with Crippen LogP contribution in [0.25, 0.3) is 0 Å². The van der Waals surface area contributed by atoms with E-state index in [4.69, 9.17) is 15.2 Å². The average molecular weight is 277 g/mol. The van der Waals surface area contributed by atoms with Crippen LogP contribution in [0.15, 0.2) is 18.3 Å². The molecule has 3 N–H and O–H groups in total. The lowest BCUT2D eigenvalue weighted by molar-refractivity contribution is 0.0692. The first-order valence-electron chi connectivity index (χ1n) is 6.27. The van der Waals surface area contributed by atoms with Crippen LogP contribution in [0.2, 0.25) is 0 Å². The Hall–Kier alpha value is -1.94. The molecule has 6 nitrogen and oxygen atoms in total. The normalized spacial score (nSPS) is 9.70. The highest BCUT2D eigenvalue weighted by Gasteiger charge is 2.05. The van der Waals surface area contributed by atoms with E-state index in [1.165, 1.54) is 0 Å². The molecule has 0 aromatic carbocycles. The van der Waals surface area contributed by atoms with Gasteiger partial charge in [0.15, 0.2) is 0 Å². The molecule has 6 heteroatoms. The predicted molar refractivity (Wildman–Crippen MR) is 75.2 cm³/mol. The van der Waals surface area contributed by atoms with Gasteiger partial charge in [-0.15, -0.1) is 0 Å². The molecule has 1 aromatic rings. The summed E-state index contributed by atoms with van der Waals surface area (Å²) in [7, 11) is 1.61. The fraction of sp³-hybridized carbons (Fsp3) is 0.429. The number of methoxy groups -OCH3 is 1. The maximum absolute atomic E-state index is 11.7. The molecule has 0 bridgehead atoms. The number of nitrogens with two attached hydrogens (primary N) is 1. The molecule has 0 saturated carbocycles. The zero-order chi connectivity index (χ0) is 14.6. The number of nitrogens with zero attached hydrogens (tertiary/aromatic N) is 1. The van der Waals surface area contributed by atoms with E-state index in [2.05, 4.69) is 22.1 Å². The number of carbonyl (C=O) groups excluding carboxylic acids is 1. The van der Waals surface area contributed by atoms with Crippen molar-refractivity contribution >= 4 is 5.91 Å². The number of nitrogens with one attached hydrogen (secondary N) is 1. The van der Waals surface area contributed by atoms with Gasteiger partial charge in [0.25, 0.3) is 5.91 Å². The number of amides is 1. The van der Waals surface area contributed by atoms with E-state index in [0.29, 0.717) is 38.6 Å². The second-order valence-corrected chi connectivity index (χ2v) is 3.80. The van der Waals surface area contributed by atoms with Gasteiger partial charge >= 0.3 is 0 Å². The van der Waals surface area contributed by atoms with Crippen LogP contribution >= 0.6 is 0 Å². The molecule has 0 saturated heterocycles. The summed E-state index contributed by atoms with van der Waals surface area (Å²) in [6.45, 7) is 2.22. The molecule has 20 heavy (non-hydrogen) atoms. The maximum atomic E-state index is 11.7. The van der Waals surface area contributed by atoms with Crippen LogP contribution in [0.1, 0.15) is 16.1 Å². The Morgan fingerprint density at radius 2 is 2.25 bits per heavy atom. The van der Waals surface area contributed by atoms with E-state index in [1.807, 2.05) is 0 Å². The van der Waals surface area contributed by atoms with E-state index in [-0.39, 0.29) is 5.91 Å². The van der Waals surface area contributed by atoms with Gasteiger partial charge in [-0.25, -0.2) is 4.98 Å². The van der Waals surface area contributed by atoms with Crippen molar-refractivity contribution in [1.29, 1.82) is 0 Å². The molecule has 0 spiro atoms. The van der Waals surface area contributed by atoms with E-state index >= 15 is 0 Å². The van der Waals surface area contributed by atoms with Crippen LogP contribution in [0.4, 0.5) is 0 Å². The lowest BCUT2D eigenvalue weighted by atomic mass is 10.2. The van der Waals surface area contributed by atoms with Gasteiger partial charge < -0.3 is 20.5 Å². The monoisotopic (exact) mass is 277 g/mol. The van der Waals surface area contributed by atoms with Gasteiger partial charge in [0.2, 0.25) is 0 Å². The number of hydrogen-bond acceptors (Lipinski definition) is 5. The first-order chi connectivity index (χ1) is 9.77. The van der Waals surface area contributed by atoms with Gasteiger partial charge in [0, 0.05) is 25.4 Å². The minimum Gasteiger partial charge on any atom is -0.382 e. The number of ether oxygens (including phenoxy) is 2. The summed E-state index contributed by atoms with van der Waals surface area (Å²) < 4.78 is 10.1. The molecule has 0 atom stereocenters. The third-order valence-corrected chi connectivity index (χ3v) is 2.29. The number of rotatable bonds is 7. The summed E-state index contributed by atoms with van der Waals surface area (Å²) in [5.41, 5.74) is 6.35. The first-order valence-corrected chi connectivity index (χ1v) is 6.27. The molecule has 0 radical (unpaired) electrons. The quantitative estimate of drug-likeness (QED) is 0.532. The number of pyridine rings is 1. The van der Waals surface area contributed by atoms with Gasteiger partial charge in [0.05, 0.1) is 26.4 Å². The van der Waals surface area contributed by atoms with Crippen molar-refractivity contribution in [3.8, 4) is 11.8 Å². The van der Waals surface area contributed by atoms with Crippen molar-refractivity contribution in [3.05, 3.63) is 29.6 Å². The Balaban J connectivity index is 2.32. The molecule has 1 amide bonds. The minimum atomic E-state index is -0.237. The second-order valence-electron chi connectivity index (χ2n) is 3.80. The maximum Gasteiger partial charge on any atom is 0.269 e. The van der Waals surface area contributed by atoms with Crippen LogP contribution in [0.3, 0.4) is 0 Å². The highest BCUT2D eigenvalue weighted by atomic mass is 16.5. The SMILES string of the molecule is COCCOCCNC(=O)c1ccc(C#CCN)cn1. The first kappa shape index (κ1) is 16.1. The molecule has 0 fully saturated rings. The molecule has 1 aromatic heterocycles. The molecule has 0 aliphatic heterocycles. The highest BCUT2D eigenvalue weighted by molar-refractivity contribution is 5.92. The molecular formula is C14H19N3O3. The Labute approximate surface area is 118 Å². The summed E-state index contributed by atoms with van der Waals surface area (Å²) in [5, 5.41) is 2.72. The van der Waals surface area contributed by atoms with Crippen LogP contribution < -0.4 is 11.1 Å². The van der Waals surface area contributed by atoms with Crippen molar-refractivity contribution in [2.75, 3.05) is 40.0 Å². The fourth-order valence-electron chi connectivity index (χ4n) is 1.33. The molecule has 108 valence electrons. The molecule has 0 aliphatic carbocycles. The molecular weight excluding hydrogens is 258 g/mol. The summed E-state index contributed by atoms with van der Waals surface area (Å²) in [5.74, 6) is 5.33. The van der Waals surface area contributed by atoms with Crippen LogP contribution in [0.5, 0.6) is 0 Å². The standard InChI is InChI=1S/C14H19N3O3/c1-19-9-10-20-8-7-16-14(18)13-5-4-12(11-17-13)3-2-6-15/h4-5,11H,6-10,15H2,1H3,(H,16,18). The molecule has 1 heterocycles. The summed E-state index contributed by atoms with van der Waals surface area (Å²) in [6.07, 6.45) is 1.55. The topological polar surface area (TPSA) is 86.5 Å². The van der Waals surface area contributed by atoms with Gasteiger partial charge in [0.1, 0.15) is 5.69 Å². The second kappa shape index (κ2) is 9.92. The summed E-state index contributed by atoms with van der Waals surface area (Å²) >= 11 is 0. The Morgan fingerprint density at radius 3 is 2.90 bits per heavy atom. The zero-order valence-electron chi connectivity index (χ0n) is 11.5. The average Bonchev–Trinajstić information content (AvgIpc) is 2.49. The Bertz CT molecular complexity index is 463. The van der Waals surface area contributed by atoms with Crippen molar-refractivity contribution in [2.45, 2.75) is 0 Å². The lowest BCUT2D eigenvalue weighted by Gasteiger charge is -2.05. The minimum absolute atomic E-state index is 0.237. The van der Waals surface area contributed by atoms with Crippen LogP contribution in [-0.2, 0) is 9.47 Å². The van der Waals surface area contributed by atoms with E-state index in [1.54, 1.807) is 25.4 Å². The third kappa shape index (κ3) is 6.29. The molecule has 1 rings (SSSR count). The molecule has 0 aliphatic rings. The Morgan fingerprint density at radius 1 is 1.40 bits per heavy atom. The van der Waals surface area contributed by atoms with Crippen molar-refractivity contribution in [2.24, 2.45) is 5.73 Å². The largest absolute Gasteiger partial charge is 0.382 e. The van der Waals surface area contributed by atoms with Gasteiger partial charge in [-0.2, -0.15) is 0 Å². The number of carbonyl (C=O) groups is 1. The van der Waals surface area contributed by atoms with Gasteiger partial charge in [-0.3, -0.25) is 4.79 Å². The summed E-state index contributed by atoms with van der Waals surface area (Å²) in [6, 6.07) is 3.36. The fourth-order valence-corrected chi connectivity index (χ4v) is 1.33. The van der Waals surface area contributed by atoms with E-state index < -0.39 is 0 Å². The number of aromatic nitrogens is 1. The Kier molecular flexibility index (Phi) is 7.99. The molecule has 0 unspecified atom stereocenters. The van der Waals surface area contributed by atoms with E-state index in [9.17, 15) is 4.79 Å². The van der Waals surface area contributed by atoms with Crippen molar-refractivity contribution < 1.29 is 14.3 Å². The highest BCUT2D eigenvalue weighted by Crippen LogP contribution is 1.98. The predicted octanol–water partition coefficient (Wildman–Crippen LogP) is -0.215. The zero-order valence-corrected chi connectivity index (χ0v) is 11.5. The van der Waals surface area contributed by atoms with Crippen LogP contribution in [0, 0.1) is 11.8 Å². The smallest absolute Gasteiger partial charge is 0.269 e. The van der Waals surface area contributed by atoms with Crippen molar-refractivity contribution in [3.63, 3.8) is 0 Å². The number of hydrogen-bond donors (Lipinski definition) is 2. The van der Waals surface area contributed by atoms with E-state index in [0.717, 1.165) is 5.56 Å². The summed E-state index contributed by atoms with van der Waals surface area (Å²) in [4.78, 5) is 15.8. The van der Waals surface area contributed by atoms with Crippen molar-refractivity contribution in [1.82, 2.24) is 10.3 Å². The third-order valence-electron chi connectivity index (χ3n) is 2.29. The van der Waals surface area contributed by atoms with Gasteiger partial charge in [-0.05, 0) is 12.1 Å². The van der Waals surface area contributed by atoms with Gasteiger partial charge in [-0.1, -0.05) is 11.8 Å². The lowest BCUT2D eigenvalue weighted by Crippen LogP contribution is -2.28. The van der Waals surface area contributed by atoms with Crippen LogP contribution in [-0.4, -0.2) is 50.9 Å².